The number of amides is 4. The van der Waals surface area contributed by atoms with Gasteiger partial charge in [-0.25, -0.2) is 19.2 Å². The van der Waals surface area contributed by atoms with Gasteiger partial charge in [0.25, 0.3) is 0 Å². The molecule has 0 aromatic heterocycles. The van der Waals surface area contributed by atoms with E-state index in [9.17, 15) is 56.0 Å². The van der Waals surface area contributed by atoms with Crippen LogP contribution in [0.15, 0.2) is 120 Å². The molecule has 4 amide bonds. The number of anilines is 2. The standard InChI is InChI=1S/C60H68F6N8O6/c1-7-79-55(75)51-41(3)73(49-21-15-19-47(37-49)59(61,62)63)57(77)71(53(51)45-27-23-43(39-67)24-28-45)35-17-33-69(5)31-13-11-9-10-12-14-32-70(6)34-18-36-72-54(46-29-25-44(40-68)26-30-46)52(56(76)80-8-2)42(4)74(58(72)78)50-22-16-20-48(38-50)60(64,65)66/h15-16,19-30,37-38,53-54H,7-14,17-18,31-36H2,1-6H3. The lowest BCUT2D eigenvalue weighted by Gasteiger charge is -2.43. The molecule has 2 atom stereocenters. The van der Waals surface area contributed by atoms with Crippen molar-refractivity contribution in [1.29, 1.82) is 10.5 Å². The van der Waals surface area contributed by atoms with Crippen molar-refractivity contribution in [2.45, 2.75) is 103 Å². The highest BCUT2D eigenvalue weighted by molar-refractivity contribution is 6.04. The van der Waals surface area contributed by atoms with Gasteiger partial charge in [-0.15, -0.1) is 0 Å². The van der Waals surface area contributed by atoms with E-state index in [2.05, 4.69) is 21.9 Å². The minimum Gasteiger partial charge on any atom is -0.463 e. The van der Waals surface area contributed by atoms with Crippen LogP contribution in [0.5, 0.6) is 0 Å². The average molecular weight is 1110 g/mol. The Bertz CT molecular complexity index is 2770. The lowest BCUT2D eigenvalue weighted by atomic mass is 9.92. The summed E-state index contributed by atoms with van der Waals surface area (Å²) in [5.41, 5.74) is 0.303. The first-order chi connectivity index (χ1) is 38.1. The van der Waals surface area contributed by atoms with Crippen molar-refractivity contribution in [3.63, 3.8) is 0 Å². The number of hydrogen-bond acceptors (Lipinski definition) is 10. The summed E-state index contributed by atoms with van der Waals surface area (Å²) in [6.45, 7) is 9.37. The Morgan fingerprint density at radius 3 is 1.20 bits per heavy atom. The van der Waals surface area contributed by atoms with Gasteiger partial charge in [0.1, 0.15) is 0 Å². The fourth-order valence-electron chi connectivity index (χ4n) is 10.2. The van der Waals surface area contributed by atoms with Gasteiger partial charge in [-0.05, 0) is 165 Å². The smallest absolute Gasteiger partial charge is 0.416 e. The van der Waals surface area contributed by atoms with Crippen LogP contribution < -0.4 is 9.80 Å². The molecule has 14 nitrogen and oxygen atoms in total. The number of esters is 2. The van der Waals surface area contributed by atoms with Gasteiger partial charge in [0, 0.05) is 24.5 Å². The molecule has 2 heterocycles. The number of allylic oxidation sites excluding steroid dienone is 2. The van der Waals surface area contributed by atoms with Crippen LogP contribution in [-0.2, 0) is 31.4 Å². The number of unbranched alkanes of at least 4 members (excludes halogenated alkanes) is 5. The number of nitriles is 2. The van der Waals surface area contributed by atoms with Gasteiger partial charge in [0.05, 0.1) is 82.2 Å². The van der Waals surface area contributed by atoms with Crippen molar-refractivity contribution in [3.05, 3.63) is 153 Å². The lowest BCUT2D eigenvalue weighted by molar-refractivity contribution is -0.140. The summed E-state index contributed by atoms with van der Waals surface area (Å²) in [6.07, 6.45) is -2.59. The van der Waals surface area contributed by atoms with E-state index < -0.39 is 59.6 Å². The number of urea groups is 2. The van der Waals surface area contributed by atoms with Gasteiger partial charge >= 0.3 is 36.4 Å². The third kappa shape index (κ3) is 15.2. The molecule has 0 radical (unpaired) electrons. The zero-order valence-electron chi connectivity index (χ0n) is 46.0. The number of nitrogens with zero attached hydrogens (tertiary/aromatic N) is 8. The molecular formula is C60H68F6N8O6. The van der Waals surface area contributed by atoms with E-state index >= 15 is 0 Å². The highest BCUT2D eigenvalue weighted by Crippen LogP contribution is 2.44. The van der Waals surface area contributed by atoms with E-state index in [1.165, 1.54) is 47.9 Å². The fraction of sp³-hybridized carbons (Fsp3) is 0.433. The molecule has 80 heavy (non-hydrogen) atoms. The number of alkyl halides is 6. The molecule has 6 rings (SSSR count). The summed E-state index contributed by atoms with van der Waals surface area (Å²) in [7, 11) is 3.96. The number of halogens is 6. The van der Waals surface area contributed by atoms with E-state index in [0.29, 0.717) is 48.2 Å². The van der Waals surface area contributed by atoms with Crippen molar-refractivity contribution >= 4 is 35.4 Å². The van der Waals surface area contributed by atoms with E-state index in [-0.39, 0.29) is 60.2 Å². The van der Waals surface area contributed by atoms with Crippen LogP contribution in [0.25, 0.3) is 0 Å². The number of benzene rings is 4. The molecule has 0 fully saturated rings. The van der Waals surface area contributed by atoms with Crippen LogP contribution >= 0.6 is 0 Å². The van der Waals surface area contributed by atoms with Crippen LogP contribution in [0.3, 0.4) is 0 Å². The molecule has 2 aliphatic heterocycles. The minimum absolute atomic E-state index is 0.0219. The summed E-state index contributed by atoms with van der Waals surface area (Å²) in [4.78, 5) is 66.1. The first-order valence-corrected chi connectivity index (χ1v) is 26.8. The van der Waals surface area contributed by atoms with Crippen molar-refractivity contribution in [2.24, 2.45) is 0 Å². The monoisotopic (exact) mass is 1110 g/mol. The zero-order chi connectivity index (χ0) is 58.3. The number of carbonyl (C=O) groups excluding carboxylic acids is 4. The number of rotatable bonds is 25. The van der Waals surface area contributed by atoms with Gasteiger partial charge < -0.3 is 29.1 Å². The fourth-order valence-corrected chi connectivity index (χ4v) is 10.2. The predicted octanol–water partition coefficient (Wildman–Crippen LogP) is 12.8. The van der Waals surface area contributed by atoms with Gasteiger partial charge in [0.2, 0.25) is 0 Å². The zero-order valence-corrected chi connectivity index (χ0v) is 46.0. The molecule has 2 unspecified atom stereocenters. The molecule has 0 saturated heterocycles. The second kappa shape index (κ2) is 28.0. The Hall–Kier alpha value is -7.68. The highest BCUT2D eigenvalue weighted by atomic mass is 19.4. The summed E-state index contributed by atoms with van der Waals surface area (Å²) in [5.74, 6) is -1.43. The van der Waals surface area contributed by atoms with Gasteiger partial charge in [-0.1, -0.05) is 62.1 Å². The largest absolute Gasteiger partial charge is 0.463 e. The molecular weight excluding hydrogens is 1040 g/mol. The van der Waals surface area contributed by atoms with E-state index in [1.54, 1.807) is 62.4 Å². The van der Waals surface area contributed by atoms with E-state index in [1.807, 2.05) is 14.1 Å². The molecule has 4 aromatic rings. The van der Waals surface area contributed by atoms with Gasteiger partial charge in [-0.2, -0.15) is 36.9 Å². The number of hydrogen-bond donors (Lipinski definition) is 0. The summed E-state index contributed by atoms with van der Waals surface area (Å²) < 4.78 is 94.3. The maximum atomic E-state index is 14.5. The molecule has 0 N–H and O–H groups in total. The number of ether oxygens (including phenoxy) is 2. The second-order valence-electron chi connectivity index (χ2n) is 19.9. The molecule has 0 saturated carbocycles. The van der Waals surface area contributed by atoms with E-state index in [0.717, 1.165) is 85.7 Å². The first-order valence-electron chi connectivity index (χ1n) is 26.8. The van der Waals surface area contributed by atoms with Crippen molar-refractivity contribution in [1.82, 2.24) is 19.6 Å². The summed E-state index contributed by atoms with van der Waals surface area (Å²) in [5, 5.41) is 19.0. The number of carbonyl (C=O) groups is 4. The quantitative estimate of drug-likeness (QED) is 0.0356. The van der Waals surface area contributed by atoms with Crippen LogP contribution in [0.2, 0.25) is 0 Å². The minimum atomic E-state index is -4.68. The van der Waals surface area contributed by atoms with Crippen LogP contribution in [0.1, 0.15) is 125 Å². The highest BCUT2D eigenvalue weighted by Gasteiger charge is 2.45. The maximum absolute atomic E-state index is 14.5. The molecule has 0 spiro atoms. The van der Waals surface area contributed by atoms with Gasteiger partial charge in [0.15, 0.2) is 0 Å². The van der Waals surface area contributed by atoms with E-state index in [4.69, 9.17) is 9.47 Å². The normalized spacial score (nSPS) is 16.2. The molecule has 0 aliphatic carbocycles. The van der Waals surface area contributed by atoms with Crippen LogP contribution in [-0.4, -0.2) is 110 Å². The Balaban J connectivity index is 1.01. The summed E-state index contributed by atoms with van der Waals surface area (Å²) >= 11 is 0. The third-order valence-electron chi connectivity index (χ3n) is 14.3. The first kappa shape index (κ1) is 61.5. The lowest BCUT2D eigenvalue weighted by Crippen LogP contribution is -2.51. The molecule has 4 aromatic carbocycles. The van der Waals surface area contributed by atoms with Crippen LogP contribution in [0.4, 0.5) is 47.3 Å². The molecule has 2 aliphatic rings. The Kier molecular flexibility index (Phi) is 21.5. The van der Waals surface area contributed by atoms with Crippen molar-refractivity contribution in [2.75, 3.05) is 76.4 Å². The molecule has 20 heteroatoms. The third-order valence-corrected chi connectivity index (χ3v) is 14.3. The topological polar surface area (TPSA) is 154 Å². The predicted molar refractivity (Wildman–Crippen MR) is 290 cm³/mol. The SMILES string of the molecule is CCOC(=O)C1=C(C)N(c2cccc(C(F)(F)F)c2)C(=O)N(CCCN(C)CCCCCCCCN(C)CCCN2C(=O)N(c3cccc(C(F)(F)F)c3)C(C)=C(C(=O)OCC)C2c2ccc(C#N)cc2)C1c1ccc(C#N)cc1. The van der Waals surface area contributed by atoms with Crippen LogP contribution in [0, 0.1) is 22.7 Å². The maximum Gasteiger partial charge on any atom is 0.416 e. The Morgan fingerprint density at radius 2 is 0.875 bits per heavy atom. The van der Waals surface area contributed by atoms with Crippen molar-refractivity contribution < 1.29 is 55.0 Å². The molecule has 426 valence electrons. The Labute approximate surface area is 464 Å². The second-order valence-corrected chi connectivity index (χ2v) is 19.9. The van der Waals surface area contributed by atoms with Crippen molar-refractivity contribution in [3.8, 4) is 12.1 Å². The molecule has 0 bridgehead atoms. The summed E-state index contributed by atoms with van der Waals surface area (Å²) in [6, 6.07) is 22.8. The Morgan fingerprint density at radius 1 is 0.537 bits per heavy atom. The average Bonchev–Trinajstić information content (AvgIpc) is 3.43. The van der Waals surface area contributed by atoms with Gasteiger partial charge in [-0.3, -0.25) is 9.80 Å².